The highest BCUT2D eigenvalue weighted by atomic mass is 32.2. The molecule has 0 aliphatic carbocycles. The predicted molar refractivity (Wildman–Crippen MR) is 105 cm³/mol. The lowest BCUT2D eigenvalue weighted by molar-refractivity contribution is -0.121. The smallest absolute Gasteiger partial charge is 0.255 e. The van der Waals surface area contributed by atoms with E-state index in [9.17, 15) is 13.2 Å². The van der Waals surface area contributed by atoms with E-state index in [1.807, 2.05) is 30.3 Å². The van der Waals surface area contributed by atoms with Crippen LogP contribution in [0.5, 0.6) is 11.5 Å². The summed E-state index contributed by atoms with van der Waals surface area (Å²) in [6.07, 6.45) is 3.05. The van der Waals surface area contributed by atoms with Crippen LogP contribution >= 0.6 is 0 Å². The fourth-order valence-corrected chi connectivity index (χ4v) is 3.40. The highest BCUT2D eigenvalue weighted by molar-refractivity contribution is 7.88. The lowest BCUT2D eigenvalue weighted by atomic mass is 10.1. The van der Waals surface area contributed by atoms with E-state index < -0.39 is 15.9 Å². The molecule has 0 aromatic heterocycles. The van der Waals surface area contributed by atoms with E-state index in [2.05, 4.69) is 10.5 Å². The molecule has 0 spiro atoms. The van der Waals surface area contributed by atoms with Crippen LogP contribution < -0.4 is 14.9 Å². The molecule has 0 saturated heterocycles. The van der Waals surface area contributed by atoms with E-state index in [0.29, 0.717) is 23.5 Å². The molecule has 1 amide bonds. The average Bonchev–Trinajstić information content (AvgIpc) is 3.13. The Bertz CT molecular complexity index is 961. The van der Waals surface area contributed by atoms with Gasteiger partial charge < -0.3 is 9.47 Å². The zero-order valence-corrected chi connectivity index (χ0v) is 16.2. The molecule has 1 aliphatic rings. The van der Waals surface area contributed by atoms with Crippen LogP contribution in [0.3, 0.4) is 0 Å². The number of carbonyl (C=O) groups is 1. The number of hydrogen-bond donors (Lipinski definition) is 1. The molecule has 0 radical (unpaired) electrons. The first kappa shape index (κ1) is 19.8. The molecule has 1 heterocycles. The van der Waals surface area contributed by atoms with Crippen LogP contribution in [0.4, 0.5) is 0 Å². The van der Waals surface area contributed by atoms with Crippen LogP contribution in [0.1, 0.15) is 11.1 Å². The zero-order chi connectivity index (χ0) is 20.0. The maximum atomic E-state index is 12.1. The zero-order valence-electron chi connectivity index (χ0n) is 15.4. The summed E-state index contributed by atoms with van der Waals surface area (Å²) >= 11 is 0. The second-order valence-corrected chi connectivity index (χ2v) is 8.22. The number of amides is 1. The Kier molecular flexibility index (Phi) is 6.27. The molecule has 8 nitrogen and oxygen atoms in total. The van der Waals surface area contributed by atoms with Gasteiger partial charge in [-0.15, -0.1) is 0 Å². The van der Waals surface area contributed by atoms with Crippen molar-refractivity contribution in [3.8, 4) is 11.5 Å². The summed E-state index contributed by atoms with van der Waals surface area (Å²) in [7, 11) is -3.52. The molecule has 9 heteroatoms. The Labute approximate surface area is 163 Å². The summed E-state index contributed by atoms with van der Waals surface area (Å²) in [5.41, 5.74) is 4.07. The number of sulfonamides is 1. The number of nitrogens with zero attached hydrogens (tertiary/aromatic N) is 2. The van der Waals surface area contributed by atoms with Crippen molar-refractivity contribution in [1.82, 2.24) is 9.73 Å². The molecule has 1 aliphatic heterocycles. The van der Waals surface area contributed by atoms with Crippen LogP contribution in [-0.2, 0) is 21.2 Å². The van der Waals surface area contributed by atoms with Gasteiger partial charge in [0.05, 0.1) is 19.0 Å². The van der Waals surface area contributed by atoms with Crippen molar-refractivity contribution in [1.29, 1.82) is 0 Å². The van der Waals surface area contributed by atoms with E-state index in [4.69, 9.17) is 9.47 Å². The van der Waals surface area contributed by atoms with Crippen LogP contribution in [-0.4, -0.2) is 51.0 Å². The van der Waals surface area contributed by atoms with Gasteiger partial charge in [-0.3, -0.25) is 4.79 Å². The molecule has 2 aromatic carbocycles. The Hall–Kier alpha value is -2.91. The van der Waals surface area contributed by atoms with Crippen LogP contribution in [0.25, 0.3) is 0 Å². The highest BCUT2D eigenvalue weighted by Crippen LogP contribution is 2.31. The summed E-state index contributed by atoms with van der Waals surface area (Å²) in [4.78, 5) is 12.1. The van der Waals surface area contributed by atoms with E-state index >= 15 is 0 Å². The molecule has 0 unspecified atom stereocenters. The monoisotopic (exact) mass is 403 g/mol. The normalized spacial score (nSPS) is 13.2. The minimum atomic E-state index is -3.52. The van der Waals surface area contributed by atoms with Crippen molar-refractivity contribution in [2.45, 2.75) is 6.42 Å². The van der Waals surface area contributed by atoms with Gasteiger partial charge in [0, 0.05) is 6.54 Å². The van der Waals surface area contributed by atoms with Crippen molar-refractivity contribution < 1.29 is 22.7 Å². The SMILES string of the molecule is CS(=O)(=O)N(CCc1ccccc1)CC(=O)NN=Cc1ccc2c(c1)OCO2. The van der Waals surface area contributed by atoms with E-state index in [-0.39, 0.29) is 19.9 Å². The summed E-state index contributed by atoms with van der Waals surface area (Å²) in [6.45, 7) is 0.0866. The summed E-state index contributed by atoms with van der Waals surface area (Å²) in [5.74, 6) is 0.748. The Morgan fingerprint density at radius 2 is 1.93 bits per heavy atom. The Morgan fingerprint density at radius 1 is 1.18 bits per heavy atom. The maximum Gasteiger partial charge on any atom is 0.255 e. The van der Waals surface area contributed by atoms with Crippen molar-refractivity contribution in [3.05, 3.63) is 59.7 Å². The lowest BCUT2D eigenvalue weighted by Crippen LogP contribution is -2.40. The fraction of sp³-hybridized carbons (Fsp3) is 0.263. The van der Waals surface area contributed by atoms with Gasteiger partial charge in [-0.05, 0) is 35.7 Å². The molecule has 2 aromatic rings. The quantitative estimate of drug-likeness (QED) is 0.530. The maximum absolute atomic E-state index is 12.1. The van der Waals surface area contributed by atoms with Crippen molar-refractivity contribution in [2.24, 2.45) is 5.10 Å². The van der Waals surface area contributed by atoms with E-state index in [0.717, 1.165) is 16.1 Å². The van der Waals surface area contributed by atoms with Gasteiger partial charge in [0.2, 0.25) is 16.8 Å². The van der Waals surface area contributed by atoms with Crippen molar-refractivity contribution >= 4 is 22.1 Å². The number of nitrogens with one attached hydrogen (secondary N) is 1. The van der Waals surface area contributed by atoms with Crippen LogP contribution in [0.2, 0.25) is 0 Å². The van der Waals surface area contributed by atoms with Gasteiger partial charge in [-0.1, -0.05) is 30.3 Å². The number of hydrogen-bond acceptors (Lipinski definition) is 6. The molecular formula is C19H21N3O5S. The van der Waals surface area contributed by atoms with Crippen LogP contribution in [0.15, 0.2) is 53.6 Å². The van der Waals surface area contributed by atoms with Gasteiger partial charge in [0.15, 0.2) is 11.5 Å². The highest BCUT2D eigenvalue weighted by Gasteiger charge is 2.19. The number of hydrazone groups is 1. The minimum absolute atomic E-state index is 0.178. The topological polar surface area (TPSA) is 97.3 Å². The fourth-order valence-electron chi connectivity index (χ4n) is 2.63. The minimum Gasteiger partial charge on any atom is -0.454 e. The lowest BCUT2D eigenvalue weighted by Gasteiger charge is -2.18. The summed E-state index contributed by atoms with van der Waals surface area (Å²) < 4.78 is 35.6. The van der Waals surface area contributed by atoms with Crippen molar-refractivity contribution in [2.75, 3.05) is 26.1 Å². The third-order valence-corrected chi connectivity index (χ3v) is 5.33. The Balaban J connectivity index is 1.54. The number of benzene rings is 2. The van der Waals surface area contributed by atoms with E-state index in [1.54, 1.807) is 18.2 Å². The molecule has 148 valence electrons. The predicted octanol–water partition coefficient (Wildman–Crippen LogP) is 1.37. The van der Waals surface area contributed by atoms with Gasteiger partial charge >= 0.3 is 0 Å². The van der Waals surface area contributed by atoms with Gasteiger partial charge in [0.1, 0.15) is 0 Å². The average molecular weight is 403 g/mol. The second-order valence-electron chi connectivity index (χ2n) is 6.24. The van der Waals surface area contributed by atoms with Crippen LogP contribution in [0, 0.1) is 0 Å². The molecule has 0 fully saturated rings. The van der Waals surface area contributed by atoms with Gasteiger partial charge in [0.25, 0.3) is 5.91 Å². The number of carbonyl (C=O) groups excluding carboxylic acids is 1. The first-order chi connectivity index (χ1) is 13.4. The first-order valence-corrected chi connectivity index (χ1v) is 10.5. The molecule has 3 rings (SSSR count). The number of rotatable bonds is 8. The number of ether oxygens (including phenoxy) is 2. The molecule has 0 bridgehead atoms. The molecule has 28 heavy (non-hydrogen) atoms. The summed E-state index contributed by atoms with van der Waals surface area (Å²) in [5, 5.41) is 3.88. The molecule has 0 saturated carbocycles. The van der Waals surface area contributed by atoms with Gasteiger partial charge in [-0.2, -0.15) is 9.41 Å². The molecule has 1 N–H and O–H groups in total. The number of fused-ring (bicyclic) bond motifs is 1. The summed E-state index contributed by atoms with van der Waals surface area (Å²) in [6, 6.07) is 14.7. The standard InChI is InChI=1S/C19H21N3O5S/c1-28(24,25)22(10-9-15-5-3-2-4-6-15)13-19(23)21-20-12-16-7-8-17-18(11-16)27-14-26-17/h2-8,11-12H,9-10,13-14H2,1H3,(H,21,23). The molecule has 0 atom stereocenters. The molecular weight excluding hydrogens is 382 g/mol. The second kappa shape index (κ2) is 8.85. The third kappa shape index (κ3) is 5.54. The first-order valence-electron chi connectivity index (χ1n) is 8.62. The third-order valence-electron chi connectivity index (χ3n) is 4.08. The van der Waals surface area contributed by atoms with Gasteiger partial charge in [-0.25, -0.2) is 13.8 Å². The van der Waals surface area contributed by atoms with E-state index in [1.165, 1.54) is 6.21 Å². The van der Waals surface area contributed by atoms with Crippen molar-refractivity contribution in [3.63, 3.8) is 0 Å². The largest absolute Gasteiger partial charge is 0.454 e. The Morgan fingerprint density at radius 3 is 2.68 bits per heavy atom.